The van der Waals surface area contributed by atoms with Crippen LogP contribution in [-0.4, -0.2) is 54.3 Å². The standard InChI is InChI=1S/C27H49NO6/c1-19(2)18-32-21(29)26(9,10)14-15-27(11,24(3,4)5)22(30)33-20-12-16-28(17-13-20)23(31)34-25(6,7)8/h19-20H,12-18H2,1-11H3. The summed E-state index contributed by atoms with van der Waals surface area (Å²) in [7, 11) is 0. The zero-order chi connectivity index (χ0) is 26.5. The van der Waals surface area contributed by atoms with Crippen molar-refractivity contribution in [2.75, 3.05) is 19.7 Å². The van der Waals surface area contributed by atoms with E-state index >= 15 is 0 Å². The number of amides is 1. The van der Waals surface area contributed by atoms with Crippen molar-refractivity contribution >= 4 is 18.0 Å². The molecule has 1 saturated heterocycles. The van der Waals surface area contributed by atoms with Gasteiger partial charge in [0.05, 0.1) is 17.4 Å². The smallest absolute Gasteiger partial charge is 0.410 e. The molecule has 0 bridgehead atoms. The highest BCUT2D eigenvalue weighted by molar-refractivity contribution is 5.78. The molecular weight excluding hydrogens is 434 g/mol. The quantitative estimate of drug-likeness (QED) is 0.312. The fourth-order valence-corrected chi connectivity index (χ4v) is 3.65. The molecule has 1 heterocycles. The number of hydrogen-bond acceptors (Lipinski definition) is 6. The van der Waals surface area contributed by atoms with Gasteiger partial charge >= 0.3 is 18.0 Å². The fourth-order valence-electron chi connectivity index (χ4n) is 3.65. The van der Waals surface area contributed by atoms with Gasteiger partial charge in [0.2, 0.25) is 0 Å². The van der Waals surface area contributed by atoms with Crippen molar-refractivity contribution < 1.29 is 28.6 Å². The third kappa shape index (κ3) is 8.77. The summed E-state index contributed by atoms with van der Waals surface area (Å²) in [6, 6.07) is 0. The average Bonchev–Trinajstić information content (AvgIpc) is 2.68. The third-order valence-corrected chi connectivity index (χ3v) is 6.82. The molecule has 0 aromatic heterocycles. The summed E-state index contributed by atoms with van der Waals surface area (Å²) in [6.45, 7) is 22.7. The summed E-state index contributed by atoms with van der Waals surface area (Å²) in [5.74, 6) is -0.210. The lowest BCUT2D eigenvalue weighted by molar-refractivity contribution is -0.172. The number of likely N-dealkylation sites (tertiary alicyclic amines) is 1. The molecule has 0 radical (unpaired) electrons. The van der Waals surface area contributed by atoms with E-state index in [0.717, 1.165) is 0 Å². The van der Waals surface area contributed by atoms with E-state index in [-0.39, 0.29) is 35.5 Å². The van der Waals surface area contributed by atoms with E-state index in [1.54, 1.807) is 4.90 Å². The number of piperidine rings is 1. The highest BCUT2D eigenvalue weighted by Gasteiger charge is 2.48. The molecule has 0 aliphatic carbocycles. The lowest BCUT2D eigenvalue weighted by Gasteiger charge is -2.42. The minimum atomic E-state index is -0.773. The highest BCUT2D eigenvalue weighted by Crippen LogP contribution is 2.46. The molecule has 0 N–H and O–H groups in total. The van der Waals surface area contributed by atoms with Crippen molar-refractivity contribution in [2.45, 2.75) is 114 Å². The van der Waals surface area contributed by atoms with Gasteiger partial charge in [0, 0.05) is 25.9 Å². The SMILES string of the molecule is CC(C)COC(=O)C(C)(C)CCC(C)(C(=O)OC1CCN(C(=O)OC(C)(C)C)CC1)C(C)(C)C. The number of esters is 2. The molecule has 7 nitrogen and oxygen atoms in total. The van der Waals surface area contributed by atoms with E-state index < -0.39 is 16.4 Å². The van der Waals surface area contributed by atoms with Crippen LogP contribution in [-0.2, 0) is 23.8 Å². The molecule has 1 atom stereocenters. The molecule has 0 spiro atoms. The molecule has 1 aliphatic heterocycles. The van der Waals surface area contributed by atoms with E-state index in [1.807, 2.05) is 76.2 Å². The Labute approximate surface area is 207 Å². The van der Waals surface area contributed by atoms with Crippen LogP contribution in [0.4, 0.5) is 4.79 Å². The predicted octanol–water partition coefficient (Wildman–Crippen LogP) is 5.99. The zero-order valence-corrected chi connectivity index (χ0v) is 23.5. The van der Waals surface area contributed by atoms with Crippen molar-refractivity contribution in [3.05, 3.63) is 0 Å². The molecule has 34 heavy (non-hydrogen) atoms. The second kappa shape index (κ2) is 11.3. The van der Waals surface area contributed by atoms with Gasteiger partial charge in [-0.25, -0.2) is 4.79 Å². The fraction of sp³-hybridized carbons (Fsp3) is 0.889. The van der Waals surface area contributed by atoms with Crippen LogP contribution in [0.5, 0.6) is 0 Å². The van der Waals surface area contributed by atoms with Crippen LogP contribution in [0.3, 0.4) is 0 Å². The van der Waals surface area contributed by atoms with Crippen molar-refractivity contribution in [3.8, 4) is 0 Å². The van der Waals surface area contributed by atoms with Gasteiger partial charge in [-0.1, -0.05) is 34.6 Å². The van der Waals surface area contributed by atoms with E-state index in [2.05, 4.69) is 0 Å². The zero-order valence-electron chi connectivity index (χ0n) is 23.5. The maximum Gasteiger partial charge on any atom is 0.410 e. The Kier molecular flexibility index (Phi) is 10.0. The van der Waals surface area contributed by atoms with E-state index in [0.29, 0.717) is 45.4 Å². The maximum atomic E-state index is 13.4. The molecular formula is C27H49NO6. The Balaban J connectivity index is 2.77. The molecule has 0 aromatic rings. The van der Waals surface area contributed by atoms with E-state index in [1.165, 1.54) is 0 Å². The van der Waals surface area contributed by atoms with Crippen LogP contribution >= 0.6 is 0 Å². The summed E-state index contributed by atoms with van der Waals surface area (Å²) >= 11 is 0. The first-order chi connectivity index (χ1) is 15.3. The summed E-state index contributed by atoms with van der Waals surface area (Å²) in [4.78, 5) is 40.0. The molecule has 1 unspecified atom stereocenters. The molecule has 1 amide bonds. The van der Waals surface area contributed by atoms with Crippen LogP contribution in [0.25, 0.3) is 0 Å². The lowest BCUT2D eigenvalue weighted by Crippen LogP contribution is -2.47. The van der Waals surface area contributed by atoms with Crippen molar-refractivity contribution in [1.29, 1.82) is 0 Å². The first kappa shape index (κ1) is 30.2. The summed E-state index contributed by atoms with van der Waals surface area (Å²) in [5, 5.41) is 0. The van der Waals surface area contributed by atoms with Gasteiger partial charge < -0.3 is 19.1 Å². The highest BCUT2D eigenvalue weighted by atomic mass is 16.6. The summed E-state index contributed by atoms with van der Waals surface area (Å²) < 4.78 is 16.9. The van der Waals surface area contributed by atoms with Crippen LogP contribution in [0.15, 0.2) is 0 Å². The largest absolute Gasteiger partial charge is 0.465 e. The Morgan fingerprint density at radius 1 is 0.853 bits per heavy atom. The summed E-state index contributed by atoms with van der Waals surface area (Å²) in [5.41, 5.74) is -2.37. The molecule has 0 saturated carbocycles. The average molecular weight is 484 g/mol. The van der Waals surface area contributed by atoms with Crippen LogP contribution in [0, 0.1) is 22.2 Å². The van der Waals surface area contributed by atoms with Crippen LogP contribution in [0.1, 0.15) is 102 Å². The Bertz CT molecular complexity index is 708. The van der Waals surface area contributed by atoms with Gasteiger partial charge in [-0.2, -0.15) is 0 Å². The van der Waals surface area contributed by atoms with Gasteiger partial charge in [0.1, 0.15) is 11.7 Å². The van der Waals surface area contributed by atoms with Gasteiger partial charge in [-0.3, -0.25) is 9.59 Å². The first-order valence-electron chi connectivity index (χ1n) is 12.6. The minimum Gasteiger partial charge on any atom is -0.465 e. The first-order valence-corrected chi connectivity index (χ1v) is 12.6. The number of nitrogens with zero attached hydrogens (tertiary/aromatic N) is 1. The minimum absolute atomic E-state index is 0.236. The lowest BCUT2D eigenvalue weighted by atomic mass is 9.63. The molecule has 1 aliphatic rings. The topological polar surface area (TPSA) is 82.1 Å². The third-order valence-electron chi connectivity index (χ3n) is 6.82. The van der Waals surface area contributed by atoms with E-state index in [4.69, 9.17) is 14.2 Å². The molecule has 198 valence electrons. The van der Waals surface area contributed by atoms with Crippen LogP contribution < -0.4 is 0 Å². The molecule has 7 heteroatoms. The number of hydrogen-bond donors (Lipinski definition) is 0. The Morgan fingerprint density at radius 2 is 1.38 bits per heavy atom. The van der Waals surface area contributed by atoms with Crippen LogP contribution in [0.2, 0.25) is 0 Å². The molecule has 1 fully saturated rings. The normalized spacial score (nSPS) is 17.8. The number of carbonyl (C=O) groups excluding carboxylic acids is 3. The van der Waals surface area contributed by atoms with E-state index in [9.17, 15) is 14.4 Å². The predicted molar refractivity (Wildman–Crippen MR) is 133 cm³/mol. The van der Waals surface area contributed by atoms with Gasteiger partial charge in [-0.15, -0.1) is 0 Å². The van der Waals surface area contributed by atoms with Crippen molar-refractivity contribution in [1.82, 2.24) is 4.90 Å². The molecule has 1 rings (SSSR count). The number of carbonyl (C=O) groups is 3. The van der Waals surface area contributed by atoms with Crippen molar-refractivity contribution in [3.63, 3.8) is 0 Å². The van der Waals surface area contributed by atoms with Gasteiger partial charge in [0.15, 0.2) is 0 Å². The second-order valence-electron chi connectivity index (χ2n) is 13.0. The monoisotopic (exact) mass is 483 g/mol. The van der Waals surface area contributed by atoms with Crippen molar-refractivity contribution in [2.24, 2.45) is 22.2 Å². The second-order valence-corrected chi connectivity index (χ2v) is 13.0. The maximum absolute atomic E-state index is 13.4. The molecule has 0 aromatic carbocycles. The number of ether oxygens (including phenoxy) is 3. The van der Waals surface area contributed by atoms with Gasteiger partial charge in [0.25, 0.3) is 0 Å². The summed E-state index contributed by atoms with van der Waals surface area (Å²) in [6.07, 6.45) is 1.62. The van der Waals surface area contributed by atoms with Gasteiger partial charge in [-0.05, 0) is 65.7 Å². The Morgan fingerprint density at radius 3 is 1.82 bits per heavy atom. The Hall–Kier alpha value is -1.79. The number of rotatable bonds is 8.